The first-order valence-corrected chi connectivity index (χ1v) is 10.1. The van der Waals surface area contributed by atoms with Gasteiger partial charge < -0.3 is 15.2 Å². The molecule has 1 aromatic heterocycles. The van der Waals surface area contributed by atoms with E-state index < -0.39 is 17.5 Å². The highest BCUT2D eigenvalue weighted by Crippen LogP contribution is 2.31. The fourth-order valence-corrected chi connectivity index (χ4v) is 3.64. The number of ketones is 2. The maximum Gasteiger partial charge on any atom is 0.274 e. The van der Waals surface area contributed by atoms with Gasteiger partial charge in [0, 0.05) is 24.7 Å². The van der Waals surface area contributed by atoms with Crippen LogP contribution >= 0.6 is 11.8 Å². The van der Waals surface area contributed by atoms with Gasteiger partial charge in [-0.25, -0.2) is 0 Å². The van der Waals surface area contributed by atoms with E-state index in [0.29, 0.717) is 18.7 Å². The van der Waals surface area contributed by atoms with Gasteiger partial charge in [-0.3, -0.25) is 19.2 Å². The van der Waals surface area contributed by atoms with Crippen LogP contribution in [0.25, 0.3) is 0 Å². The largest absolute Gasteiger partial charge is 0.351 e. The smallest absolute Gasteiger partial charge is 0.274 e. The lowest BCUT2D eigenvalue weighted by atomic mass is 9.99. The number of carbonyl (C=O) groups excluding carboxylic acids is 4. The number of hydrogen-bond donors (Lipinski definition) is 2. The van der Waals surface area contributed by atoms with E-state index in [1.54, 1.807) is 19.1 Å². The van der Waals surface area contributed by atoms with E-state index in [4.69, 9.17) is 4.52 Å². The van der Waals surface area contributed by atoms with Gasteiger partial charge in [-0.2, -0.15) is 0 Å². The van der Waals surface area contributed by atoms with Crippen LogP contribution in [-0.2, 0) is 4.79 Å². The van der Waals surface area contributed by atoms with Crippen LogP contribution in [0.3, 0.4) is 0 Å². The fourth-order valence-electron chi connectivity index (χ4n) is 2.71. The second kappa shape index (κ2) is 9.33. The summed E-state index contributed by atoms with van der Waals surface area (Å²) >= 11 is 1.17. The zero-order valence-corrected chi connectivity index (χ0v) is 16.5. The number of thioether (sulfide) groups is 1. The number of benzene rings is 1. The van der Waals surface area contributed by atoms with Crippen molar-refractivity contribution in [3.8, 4) is 0 Å². The summed E-state index contributed by atoms with van der Waals surface area (Å²) in [6, 6.07) is 9.12. The summed E-state index contributed by atoms with van der Waals surface area (Å²) in [6.07, 6.45) is 1.98. The van der Waals surface area contributed by atoms with Crippen LogP contribution < -0.4 is 10.6 Å². The highest BCUT2D eigenvalue weighted by molar-refractivity contribution is 8.04. The summed E-state index contributed by atoms with van der Waals surface area (Å²) < 4.78 is 4.91. The predicted octanol–water partition coefficient (Wildman–Crippen LogP) is 2.84. The molecule has 1 heterocycles. The molecule has 1 aromatic carbocycles. The van der Waals surface area contributed by atoms with E-state index in [-0.39, 0.29) is 34.3 Å². The van der Waals surface area contributed by atoms with Crippen molar-refractivity contribution >= 4 is 40.8 Å². The molecule has 0 saturated carbocycles. The first-order chi connectivity index (χ1) is 14.0. The number of anilines is 1. The quantitative estimate of drug-likeness (QED) is 0.639. The third kappa shape index (κ3) is 4.80. The number of nitrogens with one attached hydrogen (secondary N) is 2. The molecule has 8 nitrogen and oxygen atoms in total. The normalized spacial score (nSPS) is 12.9. The Hall–Kier alpha value is -3.20. The molecule has 2 aromatic rings. The Morgan fingerprint density at radius 2 is 1.93 bits per heavy atom. The summed E-state index contributed by atoms with van der Waals surface area (Å²) in [6.45, 7) is 2.08. The first-order valence-electron chi connectivity index (χ1n) is 9.07. The fraction of sp³-hybridized carbons (Fsp3) is 0.250. The van der Waals surface area contributed by atoms with Gasteiger partial charge in [0.25, 0.3) is 5.91 Å². The van der Waals surface area contributed by atoms with Crippen molar-refractivity contribution in [3.05, 3.63) is 58.3 Å². The Balaban J connectivity index is 1.56. The minimum absolute atomic E-state index is 0.104. The first kappa shape index (κ1) is 20.5. The summed E-state index contributed by atoms with van der Waals surface area (Å²) in [4.78, 5) is 49.2. The Bertz CT molecular complexity index is 981. The van der Waals surface area contributed by atoms with Crippen molar-refractivity contribution in [1.82, 2.24) is 10.5 Å². The van der Waals surface area contributed by atoms with Crippen LogP contribution in [0.4, 0.5) is 5.69 Å². The van der Waals surface area contributed by atoms with Gasteiger partial charge in [-0.15, -0.1) is 11.8 Å². The van der Waals surface area contributed by atoms with Crippen LogP contribution in [0.1, 0.15) is 51.2 Å². The number of para-hydroxylation sites is 1. The van der Waals surface area contributed by atoms with Crippen molar-refractivity contribution in [1.29, 1.82) is 0 Å². The molecular weight excluding hydrogens is 394 g/mol. The van der Waals surface area contributed by atoms with Gasteiger partial charge >= 0.3 is 0 Å². The molecule has 29 heavy (non-hydrogen) atoms. The summed E-state index contributed by atoms with van der Waals surface area (Å²) in [5, 5.41) is 8.91. The Morgan fingerprint density at radius 1 is 1.17 bits per heavy atom. The molecule has 1 aliphatic carbocycles. The lowest BCUT2D eigenvalue weighted by Crippen LogP contribution is -2.26. The van der Waals surface area contributed by atoms with Crippen LogP contribution in [0, 0.1) is 0 Å². The number of fused-ring (bicyclic) bond motifs is 1. The zero-order chi connectivity index (χ0) is 20.8. The van der Waals surface area contributed by atoms with E-state index in [2.05, 4.69) is 15.8 Å². The summed E-state index contributed by atoms with van der Waals surface area (Å²) in [5.41, 5.74) is 0.431. The minimum atomic E-state index is -0.567. The molecule has 1 aliphatic rings. The zero-order valence-electron chi connectivity index (χ0n) is 15.7. The van der Waals surface area contributed by atoms with Gasteiger partial charge in [0.15, 0.2) is 5.69 Å². The van der Waals surface area contributed by atoms with Gasteiger partial charge in [0.05, 0.1) is 4.91 Å². The van der Waals surface area contributed by atoms with Crippen LogP contribution in [0.15, 0.2) is 45.8 Å². The molecule has 0 fully saturated rings. The van der Waals surface area contributed by atoms with E-state index in [1.807, 2.05) is 18.2 Å². The van der Waals surface area contributed by atoms with E-state index in [9.17, 15) is 19.2 Å². The molecule has 3 rings (SSSR count). The molecule has 2 amide bonds. The van der Waals surface area contributed by atoms with Crippen molar-refractivity contribution in [2.75, 3.05) is 17.6 Å². The number of hydrogen-bond acceptors (Lipinski definition) is 7. The topological polar surface area (TPSA) is 118 Å². The molecule has 0 atom stereocenters. The highest BCUT2D eigenvalue weighted by Gasteiger charge is 2.35. The molecule has 0 radical (unpaired) electrons. The second-order valence-electron chi connectivity index (χ2n) is 6.16. The molecule has 0 aliphatic heterocycles. The number of amides is 2. The number of rotatable bonds is 8. The SMILES string of the molecule is CCNC(=O)c1noc2c1C(=O)C(SCCCC(=O)Nc1ccccc1)=CC2=O. The Kier molecular flexibility index (Phi) is 6.61. The third-order valence-corrected chi connectivity index (χ3v) is 5.15. The van der Waals surface area contributed by atoms with Crippen molar-refractivity contribution < 1.29 is 23.7 Å². The minimum Gasteiger partial charge on any atom is -0.351 e. The maximum absolute atomic E-state index is 12.7. The number of nitrogens with zero attached hydrogens (tertiary/aromatic N) is 1. The molecule has 0 spiro atoms. The van der Waals surface area contributed by atoms with Crippen molar-refractivity contribution in [2.45, 2.75) is 19.8 Å². The average molecular weight is 413 g/mol. The molecule has 0 saturated heterocycles. The Morgan fingerprint density at radius 3 is 2.66 bits per heavy atom. The summed E-state index contributed by atoms with van der Waals surface area (Å²) in [5.74, 6) is -1.43. The predicted molar refractivity (Wildman–Crippen MR) is 108 cm³/mol. The maximum atomic E-state index is 12.7. The number of allylic oxidation sites excluding steroid dienone is 2. The second-order valence-corrected chi connectivity index (χ2v) is 7.30. The lowest BCUT2D eigenvalue weighted by molar-refractivity contribution is -0.116. The van der Waals surface area contributed by atoms with E-state index in [1.165, 1.54) is 17.8 Å². The molecular formula is C20H19N3O5S. The molecule has 9 heteroatoms. The average Bonchev–Trinajstić information content (AvgIpc) is 3.16. The van der Waals surface area contributed by atoms with Gasteiger partial charge in [-0.1, -0.05) is 23.4 Å². The number of aromatic nitrogens is 1. The van der Waals surface area contributed by atoms with Crippen LogP contribution in [0.5, 0.6) is 0 Å². The lowest BCUT2D eigenvalue weighted by Gasteiger charge is -2.11. The molecule has 0 bridgehead atoms. The monoisotopic (exact) mass is 413 g/mol. The molecule has 150 valence electrons. The van der Waals surface area contributed by atoms with Gasteiger partial charge in [0.2, 0.25) is 23.2 Å². The van der Waals surface area contributed by atoms with Crippen molar-refractivity contribution in [3.63, 3.8) is 0 Å². The van der Waals surface area contributed by atoms with Crippen LogP contribution in [-0.4, -0.2) is 40.8 Å². The Labute approximate surface area is 171 Å². The molecule has 0 unspecified atom stereocenters. The number of Topliss-reactive ketones (excluding diaryl/α,β-unsaturated/α-hetero) is 1. The highest BCUT2D eigenvalue weighted by atomic mass is 32.2. The van der Waals surface area contributed by atoms with Crippen molar-refractivity contribution in [2.24, 2.45) is 0 Å². The van der Waals surface area contributed by atoms with E-state index >= 15 is 0 Å². The van der Waals surface area contributed by atoms with Gasteiger partial charge in [0.1, 0.15) is 5.56 Å². The molecule has 2 N–H and O–H groups in total. The van der Waals surface area contributed by atoms with E-state index in [0.717, 1.165) is 5.69 Å². The standard InChI is InChI=1S/C20H19N3O5S/c1-2-21-20(27)17-16-18(26)14(11-13(24)19(16)28-23-17)29-10-6-9-15(25)22-12-7-4-3-5-8-12/h3-5,7-8,11H,2,6,9-10H2,1H3,(H,21,27)(H,22,25). The number of carbonyl (C=O) groups is 4. The van der Waals surface area contributed by atoms with Gasteiger partial charge in [-0.05, 0) is 31.2 Å². The summed E-state index contributed by atoms with van der Waals surface area (Å²) in [7, 11) is 0. The third-order valence-electron chi connectivity index (χ3n) is 4.04. The van der Waals surface area contributed by atoms with Crippen LogP contribution in [0.2, 0.25) is 0 Å².